The number of benzene rings is 1. The fourth-order valence-electron chi connectivity index (χ4n) is 1.66. The molecule has 0 radical (unpaired) electrons. The number of halogens is 1. The van der Waals surface area contributed by atoms with Crippen molar-refractivity contribution in [1.82, 2.24) is 5.32 Å². The molecule has 1 atom stereocenters. The molecule has 100 valence electrons. The molecule has 18 heavy (non-hydrogen) atoms. The largest absolute Gasteiger partial charge is 0.396 e. The molecule has 0 bridgehead atoms. The fourth-order valence-corrected chi connectivity index (χ4v) is 2.02. The maximum Gasteiger partial charge on any atom is 0.251 e. The summed E-state index contributed by atoms with van der Waals surface area (Å²) in [5, 5.41) is 11.8. The highest BCUT2D eigenvalue weighted by atomic mass is 79.9. The normalized spacial score (nSPS) is 12.2. The lowest BCUT2D eigenvalue weighted by Crippen LogP contribution is -2.39. The van der Waals surface area contributed by atoms with Crippen LogP contribution in [0.25, 0.3) is 0 Å². The Hall–Kier alpha value is -0.910. The zero-order chi connectivity index (χ0) is 13.5. The van der Waals surface area contributed by atoms with E-state index in [0.717, 1.165) is 10.0 Å². The van der Waals surface area contributed by atoms with E-state index >= 15 is 0 Å². The minimum Gasteiger partial charge on any atom is -0.396 e. The Morgan fingerprint density at radius 1 is 1.56 bits per heavy atom. The van der Waals surface area contributed by atoms with E-state index in [1.54, 1.807) is 13.2 Å². The molecule has 0 aliphatic rings. The number of rotatable bonds is 6. The Balaban J connectivity index is 2.76. The molecule has 1 unspecified atom stereocenters. The van der Waals surface area contributed by atoms with Gasteiger partial charge in [-0.05, 0) is 31.0 Å². The van der Waals surface area contributed by atoms with E-state index in [4.69, 9.17) is 9.84 Å². The molecule has 1 aromatic rings. The van der Waals surface area contributed by atoms with E-state index in [9.17, 15) is 4.79 Å². The molecule has 0 aromatic heterocycles. The number of carbonyl (C=O) groups is 1. The molecule has 0 spiro atoms. The van der Waals surface area contributed by atoms with Gasteiger partial charge in [0.2, 0.25) is 0 Å². The van der Waals surface area contributed by atoms with Crippen molar-refractivity contribution >= 4 is 21.8 Å². The summed E-state index contributed by atoms with van der Waals surface area (Å²) in [5.74, 6) is -0.149. The maximum absolute atomic E-state index is 12.1. The number of methoxy groups -OCH3 is 1. The number of ether oxygens (including phenoxy) is 1. The highest BCUT2D eigenvalue weighted by Gasteiger charge is 2.15. The second-order valence-electron chi connectivity index (χ2n) is 4.10. The number of hydrogen-bond donors (Lipinski definition) is 2. The van der Waals surface area contributed by atoms with Crippen LogP contribution in [0.2, 0.25) is 0 Å². The van der Waals surface area contributed by atoms with Crippen molar-refractivity contribution in [3.05, 3.63) is 33.8 Å². The second-order valence-corrected chi connectivity index (χ2v) is 5.01. The number of hydrogen-bond acceptors (Lipinski definition) is 3. The van der Waals surface area contributed by atoms with Gasteiger partial charge >= 0.3 is 0 Å². The molecule has 1 rings (SSSR count). The van der Waals surface area contributed by atoms with Gasteiger partial charge in [0.25, 0.3) is 5.91 Å². The third-order valence-corrected chi connectivity index (χ3v) is 3.12. The van der Waals surface area contributed by atoms with Crippen LogP contribution in [0.1, 0.15) is 22.3 Å². The standard InChI is InChI=1S/C13H18BrNO3/c1-9-3-4-10(14)7-12(9)13(17)15-11(5-6-16)8-18-2/h3-4,7,11,16H,5-6,8H2,1-2H3,(H,15,17). The van der Waals surface area contributed by atoms with Crippen molar-refractivity contribution in [3.63, 3.8) is 0 Å². The van der Waals surface area contributed by atoms with Gasteiger partial charge in [0, 0.05) is 23.8 Å². The van der Waals surface area contributed by atoms with Crippen LogP contribution >= 0.6 is 15.9 Å². The van der Waals surface area contributed by atoms with E-state index in [1.165, 1.54) is 0 Å². The molecular formula is C13H18BrNO3. The molecular weight excluding hydrogens is 298 g/mol. The van der Waals surface area contributed by atoms with E-state index in [0.29, 0.717) is 18.6 Å². The summed E-state index contributed by atoms with van der Waals surface area (Å²) >= 11 is 3.35. The Morgan fingerprint density at radius 2 is 2.28 bits per heavy atom. The van der Waals surface area contributed by atoms with E-state index in [2.05, 4.69) is 21.2 Å². The second kappa shape index (κ2) is 7.51. The molecule has 1 amide bonds. The predicted octanol–water partition coefficient (Wildman–Crippen LogP) is 1.88. The number of nitrogens with one attached hydrogen (secondary N) is 1. The number of carbonyl (C=O) groups excluding carboxylic acids is 1. The van der Waals surface area contributed by atoms with Gasteiger partial charge in [-0.2, -0.15) is 0 Å². The van der Waals surface area contributed by atoms with Crippen LogP contribution in [0, 0.1) is 6.92 Å². The lowest BCUT2D eigenvalue weighted by molar-refractivity contribution is 0.0878. The van der Waals surface area contributed by atoms with Crippen molar-refractivity contribution in [1.29, 1.82) is 0 Å². The van der Waals surface area contributed by atoms with Crippen molar-refractivity contribution in [2.24, 2.45) is 0 Å². The average molecular weight is 316 g/mol. The Kier molecular flexibility index (Phi) is 6.32. The van der Waals surface area contributed by atoms with Crippen molar-refractivity contribution in [2.75, 3.05) is 20.3 Å². The van der Waals surface area contributed by atoms with Gasteiger partial charge in [-0.25, -0.2) is 0 Å². The quantitative estimate of drug-likeness (QED) is 0.842. The van der Waals surface area contributed by atoms with Crippen molar-refractivity contribution < 1.29 is 14.6 Å². The average Bonchev–Trinajstić information content (AvgIpc) is 2.33. The first-order chi connectivity index (χ1) is 8.58. The van der Waals surface area contributed by atoms with Crippen LogP contribution < -0.4 is 5.32 Å². The lowest BCUT2D eigenvalue weighted by Gasteiger charge is -2.17. The minimum atomic E-state index is -0.175. The molecule has 0 aliphatic heterocycles. The van der Waals surface area contributed by atoms with Gasteiger partial charge in [0.1, 0.15) is 0 Å². The Labute approximate surface area is 115 Å². The van der Waals surface area contributed by atoms with E-state index in [-0.39, 0.29) is 18.6 Å². The van der Waals surface area contributed by atoms with Gasteiger partial charge in [0.15, 0.2) is 0 Å². The van der Waals surface area contributed by atoms with Gasteiger partial charge < -0.3 is 15.2 Å². The summed E-state index contributed by atoms with van der Waals surface area (Å²) in [7, 11) is 1.57. The van der Waals surface area contributed by atoms with Crippen LogP contribution in [0.3, 0.4) is 0 Å². The number of aryl methyl sites for hydroxylation is 1. The minimum absolute atomic E-state index is 0.0196. The van der Waals surface area contributed by atoms with Gasteiger partial charge in [0.05, 0.1) is 12.6 Å². The summed E-state index contributed by atoms with van der Waals surface area (Å²) in [5.41, 5.74) is 1.54. The van der Waals surface area contributed by atoms with Crippen LogP contribution in [-0.4, -0.2) is 37.4 Å². The Bertz CT molecular complexity index is 403. The van der Waals surface area contributed by atoms with Gasteiger partial charge in [-0.15, -0.1) is 0 Å². The molecule has 0 saturated carbocycles. The topological polar surface area (TPSA) is 58.6 Å². The molecule has 0 aliphatic carbocycles. The molecule has 0 fully saturated rings. The first-order valence-electron chi connectivity index (χ1n) is 5.75. The monoisotopic (exact) mass is 315 g/mol. The summed E-state index contributed by atoms with van der Waals surface area (Å²) in [6, 6.07) is 5.39. The van der Waals surface area contributed by atoms with Gasteiger partial charge in [-0.3, -0.25) is 4.79 Å². The predicted molar refractivity (Wildman–Crippen MR) is 73.7 cm³/mol. The fraction of sp³-hybridized carbons (Fsp3) is 0.462. The lowest BCUT2D eigenvalue weighted by atomic mass is 10.1. The van der Waals surface area contributed by atoms with Gasteiger partial charge in [-0.1, -0.05) is 22.0 Å². The van der Waals surface area contributed by atoms with Crippen LogP contribution in [0.5, 0.6) is 0 Å². The highest BCUT2D eigenvalue weighted by Crippen LogP contribution is 2.16. The first kappa shape index (κ1) is 15.1. The SMILES string of the molecule is COCC(CCO)NC(=O)c1cc(Br)ccc1C. The maximum atomic E-state index is 12.1. The molecule has 0 heterocycles. The van der Waals surface area contributed by atoms with E-state index < -0.39 is 0 Å². The number of amides is 1. The van der Waals surface area contributed by atoms with Crippen molar-refractivity contribution in [2.45, 2.75) is 19.4 Å². The third-order valence-electron chi connectivity index (χ3n) is 2.62. The van der Waals surface area contributed by atoms with E-state index in [1.807, 2.05) is 19.1 Å². The van der Waals surface area contributed by atoms with Crippen LogP contribution in [-0.2, 0) is 4.74 Å². The zero-order valence-corrected chi connectivity index (χ0v) is 12.2. The Morgan fingerprint density at radius 3 is 2.89 bits per heavy atom. The highest BCUT2D eigenvalue weighted by molar-refractivity contribution is 9.10. The third kappa shape index (κ3) is 4.40. The first-order valence-corrected chi connectivity index (χ1v) is 6.54. The molecule has 4 nitrogen and oxygen atoms in total. The zero-order valence-electron chi connectivity index (χ0n) is 10.6. The smallest absolute Gasteiger partial charge is 0.251 e. The summed E-state index contributed by atoms with van der Waals surface area (Å²) in [4.78, 5) is 12.1. The summed E-state index contributed by atoms with van der Waals surface area (Å²) in [6.45, 7) is 2.30. The summed E-state index contributed by atoms with van der Waals surface area (Å²) < 4.78 is 5.88. The van der Waals surface area contributed by atoms with Crippen molar-refractivity contribution in [3.8, 4) is 0 Å². The molecule has 1 aromatic carbocycles. The summed E-state index contributed by atoms with van der Waals surface area (Å²) in [6.07, 6.45) is 0.479. The molecule has 0 saturated heterocycles. The number of aliphatic hydroxyl groups is 1. The van der Waals surface area contributed by atoms with Crippen LogP contribution in [0.15, 0.2) is 22.7 Å². The molecule has 2 N–H and O–H groups in total. The number of aliphatic hydroxyl groups excluding tert-OH is 1. The molecule has 5 heteroatoms. The van der Waals surface area contributed by atoms with Crippen LogP contribution in [0.4, 0.5) is 0 Å².